The van der Waals surface area contributed by atoms with Crippen LogP contribution in [0, 0.1) is 0 Å². The zero-order valence-electron chi connectivity index (χ0n) is 12.6. The Labute approximate surface area is 116 Å². The number of hydrogen-bond donors (Lipinski definition) is 2. The maximum absolute atomic E-state index is 11.3. The minimum atomic E-state index is 0.0148. The summed E-state index contributed by atoms with van der Waals surface area (Å²) in [5.41, 5.74) is 2.41. The minimum absolute atomic E-state index is 0.0148. The molecule has 0 unspecified atom stereocenters. The first-order chi connectivity index (χ1) is 8.81. The molecule has 4 heteroatoms. The van der Waals surface area contributed by atoms with E-state index >= 15 is 0 Å². The molecule has 1 amide bonds. The molecule has 19 heavy (non-hydrogen) atoms. The molecule has 0 aliphatic carbocycles. The van der Waals surface area contributed by atoms with Crippen LogP contribution in [-0.2, 0) is 11.3 Å². The van der Waals surface area contributed by atoms with Gasteiger partial charge in [-0.2, -0.15) is 0 Å². The molecular weight excluding hydrogens is 238 g/mol. The van der Waals surface area contributed by atoms with E-state index in [1.54, 1.807) is 7.05 Å². The van der Waals surface area contributed by atoms with Crippen molar-refractivity contribution >= 4 is 11.6 Å². The van der Waals surface area contributed by atoms with Crippen LogP contribution in [0.2, 0.25) is 0 Å². The highest BCUT2D eigenvalue weighted by Gasteiger charge is 2.09. The average molecular weight is 263 g/mol. The van der Waals surface area contributed by atoms with Crippen LogP contribution in [0.4, 0.5) is 5.69 Å². The maximum atomic E-state index is 11.3. The van der Waals surface area contributed by atoms with Crippen LogP contribution in [-0.4, -0.2) is 32.1 Å². The number of hydrogen-bond acceptors (Lipinski definition) is 3. The van der Waals surface area contributed by atoms with E-state index in [0.717, 1.165) is 12.2 Å². The molecule has 0 aromatic heterocycles. The fraction of sp³-hybridized carbons (Fsp3) is 0.533. The molecule has 0 bridgehead atoms. The van der Waals surface area contributed by atoms with Crippen molar-refractivity contribution in [3.05, 3.63) is 29.8 Å². The van der Waals surface area contributed by atoms with Crippen LogP contribution < -0.4 is 15.5 Å². The molecule has 106 valence electrons. The van der Waals surface area contributed by atoms with Crippen molar-refractivity contribution < 1.29 is 4.79 Å². The van der Waals surface area contributed by atoms with Crippen LogP contribution >= 0.6 is 0 Å². The maximum Gasteiger partial charge on any atom is 0.239 e. The SMILES string of the molecule is CNC(=O)CN(C)c1ccc(CNC(C)(C)C)cc1. The van der Waals surface area contributed by atoms with Gasteiger partial charge in [-0.1, -0.05) is 12.1 Å². The molecule has 0 heterocycles. The van der Waals surface area contributed by atoms with Gasteiger partial charge in [-0.25, -0.2) is 0 Å². The highest BCUT2D eigenvalue weighted by molar-refractivity contribution is 5.80. The Hall–Kier alpha value is -1.55. The molecule has 1 rings (SSSR count). The largest absolute Gasteiger partial charge is 0.365 e. The Morgan fingerprint density at radius 2 is 1.79 bits per heavy atom. The first-order valence-electron chi connectivity index (χ1n) is 6.57. The molecule has 0 saturated heterocycles. The van der Waals surface area contributed by atoms with Gasteiger partial charge in [0.05, 0.1) is 6.54 Å². The molecule has 1 aromatic carbocycles. The number of likely N-dealkylation sites (N-methyl/N-ethyl adjacent to an activating group) is 2. The van der Waals surface area contributed by atoms with Gasteiger partial charge in [-0.15, -0.1) is 0 Å². The number of benzene rings is 1. The zero-order valence-corrected chi connectivity index (χ0v) is 12.6. The van der Waals surface area contributed by atoms with Crippen molar-refractivity contribution in [2.24, 2.45) is 0 Å². The Morgan fingerprint density at radius 1 is 1.21 bits per heavy atom. The molecule has 0 aliphatic rings. The number of nitrogens with one attached hydrogen (secondary N) is 2. The molecule has 0 aliphatic heterocycles. The second-order valence-corrected chi connectivity index (χ2v) is 5.80. The van der Waals surface area contributed by atoms with E-state index < -0.39 is 0 Å². The summed E-state index contributed by atoms with van der Waals surface area (Å²) >= 11 is 0. The first-order valence-corrected chi connectivity index (χ1v) is 6.57. The van der Waals surface area contributed by atoms with E-state index in [1.807, 2.05) is 24.1 Å². The molecule has 4 nitrogen and oxygen atoms in total. The van der Waals surface area contributed by atoms with Gasteiger partial charge in [0.2, 0.25) is 5.91 Å². The second-order valence-electron chi connectivity index (χ2n) is 5.80. The standard InChI is InChI=1S/C15H25N3O/c1-15(2,3)17-10-12-6-8-13(9-7-12)18(5)11-14(19)16-4/h6-9,17H,10-11H2,1-5H3,(H,16,19). The molecular formula is C15H25N3O. The third-order valence-electron chi connectivity index (χ3n) is 2.86. The molecule has 0 saturated carbocycles. The highest BCUT2D eigenvalue weighted by Crippen LogP contribution is 2.14. The molecule has 1 aromatic rings. The average Bonchev–Trinajstić information content (AvgIpc) is 2.36. The van der Waals surface area contributed by atoms with Gasteiger partial charge < -0.3 is 15.5 Å². The summed E-state index contributed by atoms with van der Waals surface area (Å²) in [6.07, 6.45) is 0. The lowest BCUT2D eigenvalue weighted by Gasteiger charge is -2.21. The van der Waals surface area contributed by atoms with Crippen molar-refractivity contribution in [3.8, 4) is 0 Å². The van der Waals surface area contributed by atoms with Crippen molar-refractivity contribution in [3.63, 3.8) is 0 Å². The summed E-state index contributed by atoms with van der Waals surface area (Å²) < 4.78 is 0. The van der Waals surface area contributed by atoms with E-state index in [0.29, 0.717) is 6.54 Å². The summed E-state index contributed by atoms with van der Waals surface area (Å²) in [7, 11) is 3.56. The van der Waals surface area contributed by atoms with Gasteiger partial charge in [0.15, 0.2) is 0 Å². The van der Waals surface area contributed by atoms with Crippen LogP contribution in [0.3, 0.4) is 0 Å². The van der Waals surface area contributed by atoms with Crippen molar-refractivity contribution in [1.82, 2.24) is 10.6 Å². The lowest BCUT2D eigenvalue weighted by Crippen LogP contribution is -2.35. The van der Waals surface area contributed by atoms with Crippen molar-refractivity contribution in [1.29, 1.82) is 0 Å². The van der Waals surface area contributed by atoms with E-state index in [9.17, 15) is 4.79 Å². The quantitative estimate of drug-likeness (QED) is 0.851. The van der Waals surface area contributed by atoms with E-state index in [-0.39, 0.29) is 11.4 Å². The zero-order chi connectivity index (χ0) is 14.5. The predicted octanol–water partition coefficient (Wildman–Crippen LogP) is 1.76. The Kier molecular flexibility index (Phi) is 5.36. The lowest BCUT2D eigenvalue weighted by molar-refractivity contribution is -0.119. The molecule has 0 atom stereocenters. The highest BCUT2D eigenvalue weighted by atomic mass is 16.1. The van der Waals surface area contributed by atoms with Gasteiger partial charge in [0, 0.05) is 31.9 Å². The summed E-state index contributed by atoms with van der Waals surface area (Å²) in [6, 6.07) is 8.27. The van der Waals surface area contributed by atoms with Crippen LogP contribution in [0.5, 0.6) is 0 Å². The van der Waals surface area contributed by atoms with Gasteiger partial charge in [0.25, 0.3) is 0 Å². The second kappa shape index (κ2) is 6.57. The number of anilines is 1. The fourth-order valence-corrected chi connectivity index (χ4v) is 1.62. The smallest absolute Gasteiger partial charge is 0.239 e. The van der Waals surface area contributed by atoms with Gasteiger partial charge in [0.1, 0.15) is 0 Å². The van der Waals surface area contributed by atoms with Crippen molar-refractivity contribution in [2.45, 2.75) is 32.9 Å². The third kappa shape index (κ3) is 5.75. The summed E-state index contributed by atoms with van der Waals surface area (Å²) in [5.74, 6) is 0.0148. The van der Waals surface area contributed by atoms with Crippen molar-refractivity contribution in [2.75, 3.05) is 25.5 Å². The number of rotatable bonds is 5. The van der Waals surface area contributed by atoms with E-state index in [1.165, 1.54) is 5.56 Å². The van der Waals surface area contributed by atoms with Crippen LogP contribution in [0.15, 0.2) is 24.3 Å². The third-order valence-corrected chi connectivity index (χ3v) is 2.86. The summed E-state index contributed by atoms with van der Waals surface area (Å²) in [6.45, 7) is 7.68. The number of carbonyl (C=O) groups excluding carboxylic acids is 1. The van der Waals surface area contributed by atoms with Gasteiger partial charge in [-0.3, -0.25) is 4.79 Å². The fourth-order valence-electron chi connectivity index (χ4n) is 1.62. The monoisotopic (exact) mass is 263 g/mol. The summed E-state index contributed by atoms with van der Waals surface area (Å²) in [5, 5.41) is 6.07. The van der Waals surface area contributed by atoms with Gasteiger partial charge >= 0.3 is 0 Å². The van der Waals surface area contributed by atoms with E-state index in [4.69, 9.17) is 0 Å². The van der Waals surface area contributed by atoms with Crippen LogP contribution in [0.25, 0.3) is 0 Å². The van der Waals surface area contributed by atoms with Crippen LogP contribution in [0.1, 0.15) is 26.3 Å². The number of carbonyl (C=O) groups is 1. The number of amides is 1. The summed E-state index contributed by atoms with van der Waals surface area (Å²) in [4.78, 5) is 13.2. The minimum Gasteiger partial charge on any atom is -0.365 e. The molecule has 0 radical (unpaired) electrons. The van der Waals surface area contributed by atoms with Gasteiger partial charge in [-0.05, 0) is 38.5 Å². The Balaban J connectivity index is 2.58. The normalized spacial score (nSPS) is 11.2. The Bertz CT molecular complexity index is 406. The van der Waals surface area contributed by atoms with E-state index in [2.05, 4.69) is 43.5 Å². The Morgan fingerprint density at radius 3 is 2.26 bits per heavy atom. The first kappa shape index (κ1) is 15.5. The molecule has 0 spiro atoms. The lowest BCUT2D eigenvalue weighted by atomic mass is 10.1. The topological polar surface area (TPSA) is 44.4 Å². The number of nitrogens with zero attached hydrogens (tertiary/aromatic N) is 1. The molecule has 2 N–H and O–H groups in total. The predicted molar refractivity (Wildman–Crippen MR) is 80.4 cm³/mol. The molecule has 0 fully saturated rings.